The van der Waals surface area contributed by atoms with E-state index in [1.165, 1.54) is 0 Å². The van der Waals surface area contributed by atoms with Crippen molar-refractivity contribution in [2.75, 3.05) is 6.54 Å². The van der Waals surface area contributed by atoms with Gasteiger partial charge in [-0.1, -0.05) is 31.1 Å². The van der Waals surface area contributed by atoms with Crippen molar-refractivity contribution in [1.29, 1.82) is 0 Å². The van der Waals surface area contributed by atoms with E-state index in [1.54, 1.807) is 25.1 Å². The van der Waals surface area contributed by atoms with Crippen LogP contribution in [0, 0.1) is 12.8 Å². The monoisotopic (exact) mass is 289 g/mol. The summed E-state index contributed by atoms with van der Waals surface area (Å²) in [6.07, 6.45) is 0. The Morgan fingerprint density at radius 1 is 1.38 bits per heavy atom. The number of amides is 1. The lowest BCUT2D eigenvalue weighted by atomic mass is 10.1. The lowest BCUT2D eigenvalue weighted by Gasteiger charge is -2.11. The summed E-state index contributed by atoms with van der Waals surface area (Å²) in [5.74, 6) is 1.68. The summed E-state index contributed by atoms with van der Waals surface area (Å²) in [7, 11) is 0. The molecule has 0 atom stereocenters. The zero-order valence-electron chi connectivity index (χ0n) is 12.4. The summed E-state index contributed by atoms with van der Waals surface area (Å²) in [4.78, 5) is 16.2. The lowest BCUT2D eigenvalue weighted by Crippen LogP contribution is -2.27. The molecule has 0 spiro atoms. The van der Waals surface area contributed by atoms with Crippen molar-refractivity contribution in [1.82, 2.24) is 15.5 Å². The minimum absolute atomic E-state index is 0.149. The number of benzene rings is 1. The Bertz CT molecular complexity index is 608. The van der Waals surface area contributed by atoms with Crippen molar-refractivity contribution in [3.63, 3.8) is 0 Å². The van der Waals surface area contributed by atoms with E-state index >= 15 is 0 Å². The average Bonchev–Trinajstić information content (AvgIpc) is 2.88. The van der Waals surface area contributed by atoms with Crippen LogP contribution in [0.2, 0.25) is 0 Å². The van der Waals surface area contributed by atoms with Crippen LogP contribution in [0.4, 0.5) is 0 Å². The quantitative estimate of drug-likeness (QED) is 0.883. The number of ether oxygens (including phenoxy) is 1. The molecule has 0 saturated carbocycles. The minimum Gasteiger partial charge on any atom is -0.485 e. The second kappa shape index (κ2) is 6.88. The molecular formula is C15H19N3O3. The van der Waals surface area contributed by atoms with Crippen molar-refractivity contribution < 1.29 is 14.1 Å². The molecule has 1 amide bonds. The number of hydrogen-bond acceptors (Lipinski definition) is 5. The fourth-order valence-electron chi connectivity index (χ4n) is 1.71. The number of nitrogens with zero attached hydrogens (tertiary/aromatic N) is 2. The minimum atomic E-state index is -0.149. The fourth-order valence-corrected chi connectivity index (χ4v) is 1.71. The van der Waals surface area contributed by atoms with Gasteiger partial charge in [-0.05, 0) is 18.1 Å². The Balaban J connectivity index is 2.04. The van der Waals surface area contributed by atoms with E-state index in [-0.39, 0.29) is 12.5 Å². The van der Waals surface area contributed by atoms with E-state index in [9.17, 15) is 4.79 Å². The van der Waals surface area contributed by atoms with Crippen LogP contribution < -0.4 is 10.1 Å². The molecule has 0 aliphatic heterocycles. The van der Waals surface area contributed by atoms with Gasteiger partial charge in [0.15, 0.2) is 6.61 Å². The van der Waals surface area contributed by atoms with Gasteiger partial charge in [0.1, 0.15) is 5.75 Å². The highest BCUT2D eigenvalue weighted by Crippen LogP contribution is 2.19. The van der Waals surface area contributed by atoms with Crippen LogP contribution in [-0.4, -0.2) is 22.6 Å². The molecule has 0 aliphatic carbocycles. The molecule has 112 valence electrons. The third kappa shape index (κ3) is 4.30. The smallest absolute Gasteiger partial charge is 0.255 e. The first kappa shape index (κ1) is 15.0. The summed E-state index contributed by atoms with van der Waals surface area (Å²) < 4.78 is 10.5. The van der Waals surface area contributed by atoms with Crippen LogP contribution in [0.5, 0.6) is 5.75 Å². The van der Waals surface area contributed by atoms with Crippen LogP contribution in [0.1, 0.15) is 35.9 Å². The van der Waals surface area contributed by atoms with E-state index in [1.807, 2.05) is 19.9 Å². The molecule has 1 aromatic heterocycles. The Morgan fingerprint density at radius 2 is 2.14 bits per heavy atom. The van der Waals surface area contributed by atoms with Crippen molar-refractivity contribution in [2.45, 2.75) is 27.4 Å². The Labute approximate surface area is 123 Å². The normalized spacial score (nSPS) is 10.7. The van der Waals surface area contributed by atoms with E-state index < -0.39 is 0 Å². The number of nitrogens with one attached hydrogen (secondary N) is 1. The molecule has 0 bridgehead atoms. The van der Waals surface area contributed by atoms with E-state index in [0.717, 1.165) is 0 Å². The molecule has 0 saturated heterocycles. The van der Waals surface area contributed by atoms with Gasteiger partial charge in [-0.3, -0.25) is 4.79 Å². The summed E-state index contributed by atoms with van der Waals surface area (Å²) >= 11 is 0. The molecule has 21 heavy (non-hydrogen) atoms. The lowest BCUT2D eigenvalue weighted by molar-refractivity contribution is 0.0944. The number of aryl methyl sites for hydroxylation is 1. The van der Waals surface area contributed by atoms with E-state index in [2.05, 4.69) is 15.5 Å². The zero-order valence-corrected chi connectivity index (χ0v) is 12.4. The predicted octanol–water partition coefficient (Wildman–Crippen LogP) is 2.34. The molecule has 0 radical (unpaired) electrons. The average molecular weight is 289 g/mol. The largest absolute Gasteiger partial charge is 0.485 e. The van der Waals surface area contributed by atoms with E-state index in [4.69, 9.17) is 9.26 Å². The van der Waals surface area contributed by atoms with Gasteiger partial charge in [-0.25, -0.2) is 0 Å². The highest BCUT2D eigenvalue weighted by molar-refractivity contribution is 5.96. The molecule has 1 aromatic carbocycles. The predicted molar refractivity (Wildman–Crippen MR) is 77.0 cm³/mol. The fraction of sp³-hybridized carbons (Fsp3) is 0.400. The van der Waals surface area contributed by atoms with Crippen LogP contribution in [0.15, 0.2) is 28.8 Å². The Morgan fingerprint density at radius 3 is 2.81 bits per heavy atom. The maximum Gasteiger partial charge on any atom is 0.255 e. The molecule has 2 aromatic rings. The van der Waals surface area contributed by atoms with Crippen LogP contribution in [-0.2, 0) is 6.61 Å². The standard InChI is InChI=1S/C15H19N3O3/c1-10(2)8-16-15(19)12-6-4-5-7-13(12)20-9-14-17-11(3)21-18-14/h4-7,10H,8-9H2,1-3H3,(H,16,19). The number of carbonyl (C=O) groups is 1. The van der Waals surface area contributed by atoms with Gasteiger partial charge < -0.3 is 14.6 Å². The number of hydrogen-bond donors (Lipinski definition) is 1. The van der Waals surface area contributed by atoms with Crippen LogP contribution in [0.3, 0.4) is 0 Å². The van der Waals surface area contributed by atoms with Crippen molar-refractivity contribution in [3.8, 4) is 5.75 Å². The maximum atomic E-state index is 12.1. The molecule has 2 rings (SSSR count). The topological polar surface area (TPSA) is 77.2 Å². The third-order valence-corrected chi connectivity index (χ3v) is 2.73. The summed E-state index contributed by atoms with van der Waals surface area (Å²) in [5, 5.41) is 6.63. The van der Waals surface area contributed by atoms with Gasteiger partial charge in [0.05, 0.1) is 5.56 Å². The Hall–Kier alpha value is -2.37. The summed E-state index contributed by atoms with van der Waals surface area (Å²) in [6, 6.07) is 7.09. The highest BCUT2D eigenvalue weighted by atomic mass is 16.5. The Kier molecular flexibility index (Phi) is 4.92. The number of rotatable bonds is 6. The molecule has 1 N–H and O–H groups in total. The molecule has 6 heteroatoms. The van der Waals surface area contributed by atoms with Gasteiger partial charge >= 0.3 is 0 Å². The number of para-hydroxylation sites is 1. The van der Waals surface area contributed by atoms with Gasteiger partial charge in [-0.15, -0.1) is 0 Å². The van der Waals surface area contributed by atoms with Crippen LogP contribution in [0.25, 0.3) is 0 Å². The number of carbonyl (C=O) groups excluding carboxylic acids is 1. The van der Waals surface area contributed by atoms with Gasteiger partial charge in [0, 0.05) is 13.5 Å². The second-order valence-corrected chi connectivity index (χ2v) is 5.12. The van der Waals surface area contributed by atoms with Crippen molar-refractivity contribution in [2.24, 2.45) is 5.92 Å². The first-order valence-corrected chi connectivity index (χ1v) is 6.85. The van der Waals surface area contributed by atoms with E-state index in [0.29, 0.717) is 35.5 Å². The molecular weight excluding hydrogens is 270 g/mol. The SMILES string of the molecule is Cc1nc(COc2ccccc2C(=O)NCC(C)C)no1. The maximum absolute atomic E-state index is 12.1. The molecule has 6 nitrogen and oxygen atoms in total. The zero-order chi connectivity index (χ0) is 15.2. The first-order valence-electron chi connectivity index (χ1n) is 6.85. The van der Waals surface area contributed by atoms with Crippen molar-refractivity contribution >= 4 is 5.91 Å². The summed E-state index contributed by atoms with van der Waals surface area (Å²) in [6.45, 7) is 6.58. The molecule has 1 heterocycles. The third-order valence-electron chi connectivity index (χ3n) is 2.73. The van der Waals surface area contributed by atoms with Gasteiger partial charge in [-0.2, -0.15) is 4.98 Å². The second-order valence-electron chi connectivity index (χ2n) is 5.12. The molecule has 0 unspecified atom stereocenters. The van der Waals surface area contributed by atoms with Gasteiger partial charge in [0.2, 0.25) is 11.7 Å². The highest BCUT2D eigenvalue weighted by Gasteiger charge is 2.13. The molecule has 0 aliphatic rings. The van der Waals surface area contributed by atoms with Crippen LogP contribution >= 0.6 is 0 Å². The number of aromatic nitrogens is 2. The summed E-state index contributed by atoms with van der Waals surface area (Å²) in [5.41, 5.74) is 0.498. The molecule has 0 fully saturated rings. The van der Waals surface area contributed by atoms with Gasteiger partial charge in [0.25, 0.3) is 5.91 Å². The first-order chi connectivity index (χ1) is 10.1. The van der Waals surface area contributed by atoms with Crippen molar-refractivity contribution in [3.05, 3.63) is 41.5 Å².